The first-order valence-electron chi connectivity index (χ1n) is 17.9. The Labute approximate surface area is 299 Å². The van der Waals surface area contributed by atoms with Gasteiger partial charge in [-0.1, -0.05) is 48.5 Å². The Kier molecular flexibility index (Phi) is 11.6. The molecule has 0 bridgehead atoms. The van der Waals surface area contributed by atoms with E-state index in [-0.39, 0.29) is 12.2 Å². The zero-order chi connectivity index (χ0) is 36.4. The van der Waals surface area contributed by atoms with Crippen LogP contribution < -0.4 is 14.2 Å². The summed E-state index contributed by atoms with van der Waals surface area (Å²) in [6.07, 6.45) is 0. The summed E-state index contributed by atoms with van der Waals surface area (Å²) in [4.78, 5) is 0. The van der Waals surface area contributed by atoms with E-state index in [0.29, 0.717) is 57.2 Å². The minimum atomic E-state index is -0.705. The molecule has 8 heteroatoms. The topological polar surface area (TPSA) is 73.8 Å². The van der Waals surface area contributed by atoms with E-state index in [1.807, 2.05) is 27.7 Å². The van der Waals surface area contributed by atoms with Gasteiger partial charge in [0, 0.05) is 68.2 Å². The maximum atomic E-state index is 6.50. The smallest absolute Gasteiger partial charge is 0.205 e. The molecule has 0 fully saturated rings. The first-order valence-corrected chi connectivity index (χ1v) is 17.9. The third kappa shape index (κ3) is 9.20. The van der Waals surface area contributed by atoms with Crippen molar-refractivity contribution in [2.24, 2.45) is 0 Å². The van der Waals surface area contributed by atoms with Crippen LogP contribution in [0.1, 0.15) is 138 Å². The van der Waals surface area contributed by atoms with Crippen LogP contribution in [0.3, 0.4) is 0 Å². The van der Waals surface area contributed by atoms with Crippen LogP contribution in [0.25, 0.3) is 0 Å². The van der Waals surface area contributed by atoms with Gasteiger partial charge in [0.05, 0.1) is 39.6 Å². The normalized spacial score (nSPS) is 16.5. The molecule has 0 unspecified atom stereocenters. The van der Waals surface area contributed by atoms with Crippen LogP contribution in [0.5, 0.6) is 17.2 Å². The molecule has 0 atom stereocenters. The number of ether oxygens (including phenoxy) is 8. The molecule has 0 spiro atoms. The third-order valence-electron chi connectivity index (χ3n) is 9.17. The molecule has 0 amide bonds. The molecule has 0 aliphatic carbocycles. The summed E-state index contributed by atoms with van der Waals surface area (Å²) in [6, 6.07) is 13.1. The lowest BCUT2D eigenvalue weighted by Gasteiger charge is -2.34. The van der Waals surface area contributed by atoms with Crippen molar-refractivity contribution in [2.75, 3.05) is 13.9 Å². The van der Waals surface area contributed by atoms with Crippen LogP contribution in [0.4, 0.5) is 0 Å². The first-order chi connectivity index (χ1) is 23.5. The summed E-state index contributed by atoms with van der Waals surface area (Å²) >= 11 is 0. The number of hydrogen-bond donors (Lipinski definition) is 0. The molecule has 0 saturated carbocycles. The van der Waals surface area contributed by atoms with Crippen molar-refractivity contribution in [1.82, 2.24) is 0 Å². The lowest BCUT2D eigenvalue weighted by Crippen LogP contribution is -2.36. The molecule has 8 nitrogen and oxygen atoms in total. The van der Waals surface area contributed by atoms with E-state index in [0.717, 1.165) is 44.9 Å². The molecule has 0 saturated heterocycles. The highest BCUT2D eigenvalue weighted by Crippen LogP contribution is 2.40. The summed E-state index contributed by atoms with van der Waals surface area (Å²) in [5.74, 6) is 1.72. The molecule has 2 aliphatic heterocycles. The SMILES string of the molecule is COCOc1c(COCc2cc(C(C)C)cc3c2OC(C)(C)OC3)cc(C(C)(C)C)cc1COCc1cc(C(C)C)cc2c1OC(C)(C)OC2. The fourth-order valence-electron chi connectivity index (χ4n) is 6.22. The van der Waals surface area contributed by atoms with Gasteiger partial charge in [-0.05, 0) is 70.3 Å². The second kappa shape index (κ2) is 15.2. The molecule has 3 aromatic carbocycles. The highest BCUT2D eigenvalue weighted by Gasteiger charge is 2.31. The van der Waals surface area contributed by atoms with Crippen LogP contribution in [0.2, 0.25) is 0 Å². The van der Waals surface area contributed by atoms with Gasteiger partial charge in [0.25, 0.3) is 0 Å². The van der Waals surface area contributed by atoms with Gasteiger partial charge >= 0.3 is 0 Å². The van der Waals surface area contributed by atoms with Gasteiger partial charge in [0.2, 0.25) is 11.6 Å². The number of benzene rings is 3. The predicted molar refractivity (Wildman–Crippen MR) is 195 cm³/mol. The summed E-state index contributed by atoms with van der Waals surface area (Å²) < 4.78 is 49.2. The first kappa shape index (κ1) is 38.1. The monoisotopic (exact) mass is 690 g/mol. The van der Waals surface area contributed by atoms with Gasteiger partial charge in [-0.3, -0.25) is 0 Å². The average Bonchev–Trinajstić information content (AvgIpc) is 3.03. The zero-order valence-electron chi connectivity index (χ0n) is 32.3. The Balaban J connectivity index is 1.42. The minimum Gasteiger partial charge on any atom is -0.467 e. The molecule has 50 heavy (non-hydrogen) atoms. The van der Waals surface area contributed by atoms with Crippen LogP contribution in [-0.4, -0.2) is 25.5 Å². The number of fused-ring (bicyclic) bond motifs is 2. The van der Waals surface area contributed by atoms with Crippen molar-refractivity contribution in [3.63, 3.8) is 0 Å². The van der Waals surface area contributed by atoms with Crippen LogP contribution in [0, 0.1) is 0 Å². The lowest BCUT2D eigenvalue weighted by atomic mass is 9.84. The Bertz CT molecular complexity index is 1540. The van der Waals surface area contributed by atoms with Gasteiger partial charge in [-0.25, -0.2) is 0 Å². The van der Waals surface area contributed by atoms with Crippen molar-refractivity contribution in [1.29, 1.82) is 0 Å². The Morgan fingerprint density at radius 3 is 1.44 bits per heavy atom. The molecule has 0 radical (unpaired) electrons. The molecule has 274 valence electrons. The summed E-state index contributed by atoms with van der Waals surface area (Å²) in [6.45, 7) is 25.7. The highest BCUT2D eigenvalue weighted by atomic mass is 16.7. The van der Waals surface area contributed by atoms with Gasteiger partial charge < -0.3 is 37.9 Å². The summed E-state index contributed by atoms with van der Waals surface area (Å²) in [5.41, 5.74) is 9.52. The van der Waals surface area contributed by atoms with Crippen LogP contribution in [-0.2, 0) is 68.7 Å². The molecule has 0 N–H and O–H groups in total. The van der Waals surface area contributed by atoms with Gasteiger partial charge in [0.1, 0.15) is 17.2 Å². The fourth-order valence-corrected chi connectivity index (χ4v) is 6.22. The average molecular weight is 691 g/mol. The largest absolute Gasteiger partial charge is 0.467 e. The van der Waals surface area contributed by atoms with Crippen molar-refractivity contribution in [2.45, 2.75) is 145 Å². The summed E-state index contributed by atoms with van der Waals surface area (Å²) in [5, 5.41) is 0. The maximum Gasteiger partial charge on any atom is 0.205 e. The molecule has 2 heterocycles. The Morgan fingerprint density at radius 1 is 0.640 bits per heavy atom. The lowest BCUT2D eigenvalue weighted by molar-refractivity contribution is -0.181. The number of methoxy groups -OCH3 is 1. The van der Waals surface area contributed by atoms with Crippen molar-refractivity contribution in [3.05, 3.63) is 86.5 Å². The number of hydrogen-bond acceptors (Lipinski definition) is 8. The van der Waals surface area contributed by atoms with Crippen LogP contribution in [0.15, 0.2) is 36.4 Å². The number of rotatable bonds is 13. The van der Waals surface area contributed by atoms with E-state index >= 15 is 0 Å². The predicted octanol–water partition coefficient (Wildman–Crippen LogP) is 9.94. The van der Waals surface area contributed by atoms with Gasteiger partial charge in [-0.15, -0.1) is 0 Å². The third-order valence-corrected chi connectivity index (χ3v) is 9.17. The zero-order valence-corrected chi connectivity index (χ0v) is 32.3. The van der Waals surface area contributed by atoms with E-state index in [2.05, 4.69) is 84.9 Å². The molecular weight excluding hydrogens is 632 g/mol. The fraction of sp³-hybridized carbons (Fsp3) is 0.571. The second-order valence-electron chi connectivity index (χ2n) is 16.1. The Morgan fingerprint density at radius 2 is 1.06 bits per heavy atom. The molecule has 2 aliphatic rings. The van der Waals surface area contributed by atoms with Crippen molar-refractivity contribution in [3.8, 4) is 17.2 Å². The van der Waals surface area contributed by atoms with E-state index in [4.69, 9.17) is 37.9 Å². The van der Waals surface area contributed by atoms with E-state index in [1.54, 1.807) is 7.11 Å². The highest BCUT2D eigenvalue weighted by molar-refractivity contribution is 5.49. The quantitative estimate of drug-likeness (QED) is 0.164. The van der Waals surface area contributed by atoms with Crippen LogP contribution >= 0.6 is 0 Å². The molecule has 3 aromatic rings. The van der Waals surface area contributed by atoms with Gasteiger partial charge in [-0.2, -0.15) is 0 Å². The van der Waals surface area contributed by atoms with Crippen molar-refractivity contribution < 1.29 is 37.9 Å². The van der Waals surface area contributed by atoms with E-state index in [9.17, 15) is 0 Å². The van der Waals surface area contributed by atoms with Crippen molar-refractivity contribution >= 4 is 0 Å². The standard InChI is InChI=1S/C42H58O8/c1-26(2)28-13-30(38-32(15-28)23-47-41(8,9)49-38)19-44-21-34-17-36(40(5,6)7)18-35(37(34)46-25-43-12)22-45-20-31-14-29(27(3)4)16-33-24-48-42(10,11)50-39(31)33/h13-18,26-27H,19-25H2,1-12H3. The molecule has 0 aromatic heterocycles. The maximum absolute atomic E-state index is 6.50. The van der Waals surface area contributed by atoms with Gasteiger partial charge in [0.15, 0.2) is 6.79 Å². The molecule has 5 rings (SSSR count). The van der Waals surface area contributed by atoms with E-state index < -0.39 is 11.6 Å². The second-order valence-corrected chi connectivity index (χ2v) is 16.1. The Hall–Kier alpha value is -3.14. The molecular formula is C42H58O8. The minimum absolute atomic E-state index is 0.106. The summed E-state index contributed by atoms with van der Waals surface area (Å²) in [7, 11) is 1.63. The van der Waals surface area contributed by atoms with E-state index in [1.165, 1.54) is 16.7 Å².